The second-order valence-corrected chi connectivity index (χ2v) is 3.97. The monoisotopic (exact) mass is 133 g/mol. The summed E-state index contributed by atoms with van der Waals surface area (Å²) in [5, 5.41) is 1.39. The van der Waals surface area contributed by atoms with Gasteiger partial charge in [-0.15, -0.1) is 0 Å². The molecule has 0 aromatic rings. The molecule has 2 heteroatoms. The van der Waals surface area contributed by atoms with Crippen LogP contribution in [0.5, 0.6) is 0 Å². The summed E-state index contributed by atoms with van der Waals surface area (Å²) in [4.78, 5) is 0. The van der Waals surface area contributed by atoms with Crippen molar-refractivity contribution in [2.24, 2.45) is 0 Å². The van der Waals surface area contributed by atoms with Gasteiger partial charge in [0.1, 0.15) is 0 Å². The molecule has 0 bridgehead atoms. The molecule has 0 rings (SSSR count). The molecule has 0 aliphatic rings. The van der Waals surface area contributed by atoms with Crippen LogP contribution in [0.25, 0.3) is 0 Å². The third-order valence-corrected chi connectivity index (χ3v) is 2.56. The van der Waals surface area contributed by atoms with Crippen LogP contribution in [0, 0.1) is 0 Å². The van der Waals surface area contributed by atoms with E-state index in [1.807, 2.05) is 0 Å². The summed E-state index contributed by atoms with van der Waals surface area (Å²) < 4.78 is 0.917. The molecule has 0 fully saturated rings. The van der Waals surface area contributed by atoms with Crippen LogP contribution in [-0.2, 0) is 0 Å². The Balaban J connectivity index is 2.45. The molecule has 7 heavy (non-hydrogen) atoms. The van der Waals surface area contributed by atoms with Crippen molar-refractivity contribution in [2.75, 3.05) is 4.74 Å². The van der Waals surface area contributed by atoms with Crippen LogP contribution >= 0.6 is 11.6 Å². The van der Waals surface area contributed by atoms with E-state index in [2.05, 4.69) is 6.92 Å². The maximum absolute atomic E-state index is 5.47. The third-order valence-electron chi connectivity index (χ3n) is 0.871. The molecule has 40 valence electrons. The van der Waals surface area contributed by atoms with Crippen LogP contribution in [-0.4, -0.2) is 20.0 Å². The zero-order chi connectivity index (χ0) is 5.54. The average Bonchev–Trinajstić information content (AvgIpc) is 1.69. The van der Waals surface area contributed by atoms with Crippen LogP contribution in [0.4, 0.5) is 0 Å². The van der Waals surface area contributed by atoms with Crippen molar-refractivity contribution in [2.45, 2.75) is 25.0 Å². The molecule has 0 saturated heterocycles. The Kier molecular flexibility index (Phi) is 7.62. The Labute approximate surface area is 57.0 Å². The molecule has 0 radical (unpaired) electrons. The van der Waals surface area contributed by atoms with E-state index in [-0.39, 0.29) is 0 Å². The Morgan fingerprint density at radius 3 is 2.71 bits per heavy atom. The molecule has 0 amide bonds. The van der Waals surface area contributed by atoms with E-state index in [0.717, 1.165) is 4.74 Å². The quantitative estimate of drug-likeness (QED) is 0.313. The van der Waals surface area contributed by atoms with Gasteiger partial charge in [-0.25, -0.2) is 0 Å². The molecule has 0 nitrogen and oxygen atoms in total. The Bertz CT molecular complexity index is 27.3. The van der Waals surface area contributed by atoms with E-state index < -0.39 is 0 Å². The first kappa shape index (κ1) is 7.82. The van der Waals surface area contributed by atoms with Gasteiger partial charge in [0.15, 0.2) is 0 Å². The molecular formula is C5H11AlCl+. The zero-order valence-electron chi connectivity index (χ0n) is 4.78. The molecule has 0 N–H and O–H groups in total. The standard InChI is InChI=1S/C4H9.CH2Cl.Al/c1-3-4-2;1-2;/h1,3-4H2,2H3;1H2;/q;;+1. The van der Waals surface area contributed by atoms with Crippen LogP contribution in [0.2, 0.25) is 5.28 Å². The summed E-state index contributed by atoms with van der Waals surface area (Å²) in [5.41, 5.74) is 0. The fraction of sp³-hybridized carbons (Fsp3) is 1.00. The van der Waals surface area contributed by atoms with Gasteiger partial charge in [0, 0.05) is 0 Å². The van der Waals surface area contributed by atoms with Crippen LogP contribution in [0.1, 0.15) is 19.8 Å². The minimum absolute atomic E-state index is 0.582. The van der Waals surface area contributed by atoms with E-state index in [0.29, 0.717) is 15.2 Å². The van der Waals surface area contributed by atoms with Crippen molar-refractivity contribution in [3.63, 3.8) is 0 Å². The number of rotatable bonds is 4. The van der Waals surface area contributed by atoms with Gasteiger partial charge >= 0.3 is 56.6 Å². The molecule has 0 aliphatic heterocycles. The van der Waals surface area contributed by atoms with Crippen molar-refractivity contribution in [3.8, 4) is 0 Å². The third kappa shape index (κ3) is 6.82. The Morgan fingerprint density at radius 2 is 2.29 bits per heavy atom. The number of halogens is 1. The van der Waals surface area contributed by atoms with Gasteiger partial charge in [0.25, 0.3) is 0 Å². The summed E-state index contributed by atoms with van der Waals surface area (Å²) in [6.07, 6.45) is 2.70. The fourth-order valence-corrected chi connectivity index (χ4v) is 1.74. The number of hydrogen-bond donors (Lipinski definition) is 0. The molecule has 0 aromatic carbocycles. The van der Waals surface area contributed by atoms with Crippen molar-refractivity contribution in [1.82, 2.24) is 0 Å². The van der Waals surface area contributed by atoms with Crippen LogP contribution in [0.15, 0.2) is 0 Å². The van der Waals surface area contributed by atoms with Crippen molar-refractivity contribution < 1.29 is 0 Å². The molecule has 0 unspecified atom stereocenters. The van der Waals surface area contributed by atoms with Gasteiger partial charge in [-0.05, 0) is 0 Å². The van der Waals surface area contributed by atoms with Crippen LogP contribution in [0.3, 0.4) is 0 Å². The average molecular weight is 134 g/mol. The molecule has 0 aromatic heterocycles. The molecular weight excluding hydrogens is 122 g/mol. The van der Waals surface area contributed by atoms with E-state index >= 15 is 0 Å². The predicted molar refractivity (Wildman–Crippen MR) is 36.2 cm³/mol. The zero-order valence-corrected chi connectivity index (χ0v) is 6.69. The number of alkyl halides is 1. The van der Waals surface area contributed by atoms with Gasteiger partial charge in [0.05, 0.1) is 0 Å². The second kappa shape index (κ2) is 6.82. The van der Waals surface area contributed by atoms with Gasteiger partial charge in [-0.1, -0.05) is 0 Å². The molecule has 0 spiro atoms. The normalized spacial score (nSPS) is 8.29. The van der Waals surface area contributed by atoms with Gasteiger partial charge < -0.3 is 0 Å². The first-order valence-corrected chi connectivity index (χ1v) is 4.96. The number of hydrogen-bond acceptors (Lipinski definition) is 0. The summed E-state index contributed by atoms with van der Waals surface area (Å²) in [5.74, 6) is 0. The topological polar surface area (TPSA) is 0 Å². The summed E-state index contributed by atoms with van der Waals surface area (Å²) in [6.45, 7) is 2.22. The van der Waals surface area contributed by atoms with E-state index in [9.17, 15) is 0 Å². The predicted octanol–water partition coefficient (Wildman–Crippen LogP) is 2.11. The van der Waals surface area contributed by atoms with E-state index in [1.165, 1.54) is 18.1 Å². The van der Waals surface area contributed by atoms with Gasteiger partial charge in [-0.3, -0.25) is 0 Å². The number of unbranched alkanes of at least 4 members (excludes halogenated alkanes) is 1. The first-order chi connectivity index (χ1) is 3.41. The van der Waals surface area contributed by atoms with Gasteiger partial charge in [-0.2, -0.15) is 0 Å². The van der Waals surface area contributed by atoms with E-state index in [4.69, 9.17) is 11.6 Å². The maximum atomic E-state index is 5.47. The Hall–Kier alpha value is 0.822. The molecule has 0 atom stereocenters. The molecule has 0 saturated carbocycles. The van der Waals surface area contributed by atoms with Crippen LogP contribution < -0.4 is 0 Å². The van der Waals surface area contributed by atoms with Gasteiger partial charge in [0.2, 0.25) is 0 Å². The Morgan fingerprint density at radius 1 is 1.57 bits per heavy atom. The summed E-state index contributed by atoms with van der Waals surface area (Å²) in [6, 6.07) is 0. The first-order valence-electron chi connectivity index (χ1n) is 2.79. The van der Waals surface area contributed by atoms with Crippen molar-refractivity contribution >= 4 is 26.8 Å². The SMILES string of the molecule is CCC[CH2][Al+][CH2]Cl. The minimum atomic E-state index is 0.582. The summed E-state index contributed by atoms with van der Waals surface area (Å²) in [7, 11) is 0. The molecule has 0 aliphatic carbocycles. The second-order valence-electron chi connectivity index (χ2n) is 1.59. The van der Waals surface area contributed by atoms with Crippen molar-refractivity contribution in [1.29, 1.82) is 0 Å². The van der Waals surface area contributed by atoms with Crippen molar-refractivity contribution in [3.05, 3.63) is 0 Å². The van der Waals surface area contributed by atoms with E-state index in [1.54, 1.807) is 0 Å². The fourth-order valence-electron chi connectivity index (χ4n) is 0.426. The molecule has 0 heterocycles. The summed E-state index contributed by atoms with van der Waals surface area (Å²) >= 11 is 6.06.